The fourth-order valence-electron chi connectivity index (χ4n) is 3.97. The summed E-state index contributed by atoms with van der Waals surface area (Å²) in [5.41, 5.74) is 2.48. The Morgan fingerprint density at radius 3 is 2.44 bits per heavy atom. The minimum atomic E-state index is -0.429. The number of Topliss-reactive ketones (excluding diaryl/α,β-unsaturated/α-hetero) is 1. The van der Waals surface area contributed by atoms with Crippen LogP contribution in [0.25, 0.3) is 0 Å². The Labute approximate surface area is 166 Å². The van der Waals surface area contributed by atoms with Crippen molar-refractivity contribution >= 4 is 40.6 Å². The van der Waals surface area contributed by atoms with E-state index in [9.17, 15) is 14.0 Å². The van der Waals surface area contributed by atoms with E-state index in [1.807, 2.05) is 0 Å². The van der Waals surface area contributed by atoms with Crippen molar-refractivity contribution in [1.29, 1.82) is 0 Å². The van der Waals surface area contributed by atoms with Crippen LogP contribution in [0.2, 0.25) is 10.0 Å². The lowest BCUT2D eigenvalue weighted by Gasteiger charge is -2.38. The average Bonchev–Trinajstić information content (AvgIpc) is 2.60. The predicted molar refractivity (Wildman–Crippen MR) is 104 cm³/mol. The van der Waals surface area contributed by atoms with Gasteiger partial charge in [-0.3, -0.25) is 14.5 Å². The molecule has 0 spiro atoms. The Morgan fingerprint density at radius 1 is 1.00 bits per heavy atom. The first-order chi connectivity index (χ1) is 12.9. The van der Waals surface area contributed by atoms with Gasteiger partial charge in [-0.25, -0.2) is 4.39 Å². The van der Waals surface area contributed by atoms with E-state index in [4.69, 9.17) is 23.2 Å². The zero-order valence-electron chi connectivity index (χ0n) is 14.3. The van der Waals surface area contributed by atoms with Crippen molar-refractivity contribution in [3.8, 4) is 0 Å². The molecule has 0 N–H and O–H groups in total. The monoisotopic (exact) mass is 403 g/mol. The lowest BCUT2D eigenvalue weighted by atomic mass is 9.77. The first-order valence-corrected chi connectivity index (χ1v) is 9.50. The third-order valence-corrected chi connectivity index (χ3v) is 5.47. The van der Waals surface area contributed by atoms with Gasteiger partial charge in [0.25, 0.3) is 0 Å². The highest BCUT2D eigenvalue weighted by Crippen LogP contribution is 2.44. The number of allylic oxidation sites excluding steroid dienone is 2. The molecule has 1 amide bonds. The van der Waals surface area contributed by atoms with E-state index in [1.54, 1.807) is 35.2 Å². The number of rotatable bonds is 2. The van der Waals surface area contributed by atoms with Gasteiger partial charge < -0.3 is 0 Å². The summed E-state index contributed by atoms with van der Waals surface area (Å²) in [6.45, 7) is 0. The Balaban J connectivity index is 1.88. The molecule has 1 aliphatic heterocycles. The van der Waals surface area contributed by atoms with Crippen molar-refractivity contribution in [2.45, 2.75) is 31.6 Å². The molecule has 1 unspecified atom stereocenters. The molecule has 0 aromatic heterocycles. The van der Waals surface area contributed by atoms with Crippen LogP contribution in [0.1, 0.15) is 37.2 Å². The van der Waals surface area contributed by atoms with E-state index >= 15 is 0 Å². The van der Waals surface area contributed by atoms with E-state index in [1.165, 1.54) is 12.1 Å². The minimum Gasteiger partial charge on any atom is -0.294 e. The van der Waals surface area contributed by atoms with E-state index in [-0.39, 0.29) is 23.9 Å². The number of halogens is 3. The molecule has 2 aromatic carbocycles. The van der Waals surface area contributed by atoms with Crippen LogP contribution >= 0.6 is 23.2 Å². The van der Waals surface area contributed by atoms with Gasteiger partial charge in [0.2, 0.25) is 5.91 Å². The van der Waals surface area contributed by atoms with Gasteiger partial charge in [0, 0.05) is 40.1 Å². The Bertz CT molecular complexity index is 966. The van der Waals surface area contributed by atoms with Crippen LogP contribution in [0, 0.1) is 5.82 Å². The van der Waals surface area contributed by atoms with Crippen molar-refractivity contribution in [2.24, 2.45) is 0 Å². The van der Waals surface area contributed by atoms with Crippen molar-refractivity contribution in [3.05, 3.63) is 75.2 Å². The molecule has 1 aliphatic carbocycles. The van der Waals surface area contributed by atoms with Crippen molar-refractivity contribution in [1.82, 2.24) is 0 Å². The lowest BCUT2D eigenvalue weighted by molar-refractivity contribution is -0.119. The summed E-state index contributed by atoms with van der Waals surface area (Å²) in [6.07, 6.45) is 1.80. The third kappa shape index (κ3) is 3.40. The van der Waals surface area contributed by atoms with E-state index < -0.39 is 5.92 Å². The van der Waals surface area contributed by atoms with Crippen molar-refractivity contribution < 1.29 is 14.0 Å². The normalized spacial score (nSPS) is 20.1. The topological polar surface area (TPSA) is 37.4 Å². The van der Waals surface area contributed by atoms with Crippen LogP contribution in [-0.2, 0) is 9.59 Å². The van der Waals surface area contributed by atoms with Crippen LogP contribution in [0.15, 0.2) is 53.7 Å². The summed E-state index contributed by atoms with van der Waals surface area (Å²) in [4.78, 5) is 27.4. The number of carbonyl (C=O) groups excluding carboxylic acids is 2. The molecule has 2 aliphatic rings. The second-order valence-electron chi connectivity index (χ2n) is 6.81. The second kappa shape index (κ2) is 7.10. The Kier molecular flexibility index (Phi) is 4.79. The molecule has 4 rings (SSSR count). The summed E-state index contributed by atoms with van der Waals surface area (Å²) in [6, 6.07) is 11.0. The maximum Gasteiger partial charge on any atom is 0.232 e. The maximum absolute atomic E-state index is 13.7. The maximum atomic E-state index is 13.7. The molecular weight excluding hydrogens is 388 g/mol. The van der Waals surface area contributed by atoms with Crippen LogP contribution in [0.3, 0.4) is 0 Å². The highest BCUT2D eigenvalue weighted by molar-refractivity contribution is 6.35. The van der Waals surface area contributed by atoms with Gasteiger partial charge in [0.05, 0.1) is 5.69 Å². The zero-order valence-corrected chi connectivity index (χ0v) is 15.9. The summed E-state index contributed by atoms with van der Waals surface area (Å²) in [5.74, 6) is -0.955. The number of hydrogen-bond acceptors (Lipinski definition) is 2. The summed E-state index contributed by atoms with van der Waals surface area (Å²) in [7, 11) is 0. The number of ketones is 1. The van der Waals surface area contributed by atoms with Crippen LogP contribution < -0.4 is 4.90 Å². The molecule has 1 atom stereocenters. The van der Waals surface area contributed by atoms with Gasteiger partial charge in [-0.1, -0.05) is 35.3 Å². The van der Waals surface area contributed by atoms with Gasteiger partial charge >= 0.3 is 0 Å². The summed E-state index contributed by atoms with van der Waals surface area (Å²) >= 11 is 12.2. The van der Waals surface area contributed by atoms with E-state index in [2.05, 4.69) is 0 Å². The molecule has 3 nitrogen and oxygen atoms in total. The fraction of sp³-hybridized carbons (Fsp3) is 0.238. The van der Waals surface area contributed by atoms with Crippen molar-refractivity contribution in [3.63, 3.8) is 0 Å². The fourth-order valence-corrected chi connectivity index (χ4v) is 4.48. The quantitative estimate of drug-likeness (QED) is 0.648. The number of benzene rings is 2. The Hall–Kier alpha value is -2.17. The van der Waals surface area contributed by atoms with Crippen LogP contribution in [-0.4, -0.2) is 11.7 Å². The molecule has 0 radical (unpaired) electrons. The molecule has 1 heterocycles. The third-order valence-electron chi connectivity index (χ3n) is 5.03. The molecule has 0 saturated carbocycles. The summed E-state index contributed by atoms with van der Waals surface area (Å²) in [5, 5.41) is 0.837. The molecule has 27 heavy (non-hydrogen) atoms. The second-order valence-corrected chi connectivity index (χ2v) is 7.68. The van der Waals surface area contributed by atoms with E-state index in [0.717, 1.165) is 0 Å². The number of anilines is 1. The van der Waals surface area contributed by atoms with Gasteiger partial charge in [0.15, 0.2) is 5.78 Å². The SMILES string of the molecule is O=C1CCCC2=C1C(c1cccc(F)c1)CC(=O)N2c1cc(Cl)cc(Cl)c1. The predicted octanol–water partition coefficient (Wildman–Crippen LogP) is 5.66. The van der Waals surface area contributed by atoms with Gasteiger partial charge in [-0.05, 0) is 48.7 Å². The largest absolute Gasteiger partial charge is 0.294 e. The number of nitrogens with zero attached hydrogens (tertiary/aromatic N) is 1. The van der Waals surface area contributed by atoms with Crippen LogP contribution in [0.5, 0.6) is 0 Å². The zero-order chi connectivity index (χ0) is 19.1. The van der Waals surface area contributed by atoms with Gasteiger partial charge in [0.1, 0.15) is 5.82 Å². The number of carbonyl (C=O) groups is 2. The molecule has 0 fully saturated rings. The molecular formula is C21H16Cl2FNO2. The average molecular weight is 404 g/mol. The summed E-state index contributed by atoms with van der Waals surface area (Å²) < 4.78 is 13.7. The molecule has 138 valence electrons. The lowest BCUT2D eigenvalue weighted by Crippen LogP contribution is -2.40. The first kappa shape index (κ1) is 18.2. The molecule has 0 saturated heterocycles. The van der Waals surface area contributed by atoms with Crippen LogP contribution in [0.4, 0.5) is 10.1 Å². The number of hydrogen-bond donors (Lipinski definition) is 0. The molecule has 6 heteroatoms. The standard InChI is InChI=1S/C21H16Cl2FNO2/c22-13-8-14(23)10-16(9-13)25-18-5-2-6-19(26)21(18)17(11-20(25)27)12-3-1-4-15(24)7-12/h1,3-4,7-10,17H,2,5-6,11H2. The number of amides is 1. The smallest absolute Gasteiger partial charge is 0.232 e. The molecule has 0 bridgehead atoms. The highest BCUT2D eigenvalue weighted by Gasteiger charge is 2.39. The molecule has 2 aromatic rings. The van der Waals surface area contributed by atoms with Gasteiger partial charge in [-0.15, -0.1) is 0 Å². The van der Waals surface area contributed by atoms with E-state index in [0.29, 0.717) is 51.8 Å². The highest BCUT2D eigenvalue weighted by atomic mass is 35.5. The Morgan fingerprint density at radius 2 is 1.74 bits per heavy atom. The van der Waals surface area contributed by atoms with Gasteiger partial charge in [-0.2, -0.15) is 0 Å². The van der Waals surface area contributed by atoms with Crippen molar-refractivity contribution in [2.75, 3.05) is 4.90 Å². The first-order valence-electron chi connectivity index (χ1n) is 8.75. The minimum absolute atomic E-state index is 0.0103.